The second-order valence-corrected chi connectivity index (χ2v) is 5.99. The van der Waals surface area contributed by atoms with Gasteiger partial charge in [-0.15, -0.1) is 0 Å². The summed E-state index contributed by atoms with van der Waals surface area (Å²) in [4.78, 5) is 2.70. The fourth-order valence-corrected chi connectivity index (χ4v) is 2.52. The Labute approximate surface area is 101 Å². The first kappa shape index (κ1) is 12.4. The molecule has 0 aromatic heterocycles. The highest BCUT2D eigenvalue weighted by molar-refractivity contribution is 4.90. The molecule has 0 aromatic rings. The van der Waals surface area contributed by atoms with E-state index in [1.807, 2.05) is 0 Å². The summed E-state index contributed by atoms with van der Waals surface area (Å²) in [6.45, 7) is 10.7. The van der Waals surface area contributed by atoms with Crippen molar-refractivity contribution in [2.75, 3.05) is 19.6 Å². The number of hydrogen-bond donors (Lipinski definition) is 1. The Morgan fingerprint density at radius 2 is 1.88 bits per heavy atom. The van der Waals surface area contributed by atoms with E-state index in [1.165, 1.54) is 38.8 Å². The first-order chi connectivity index (χ1) is 7.70. The minimum atomic E-state index is 0.709. The quantitative estimate of drug-likeness (QED) is 0.681. The smallest absolute Gasteiger partial charge is 0.0223 e. The van der Waals surface area contributed by atoms with Gasteiger partial charge in [-0.05, 0) is 57.9 Å². The van der Waals surface area contributed by atoms with Crippen LogP contribution in [0.4, 0.5) is 0 Å². The summed E-state index contributed by atoms with van der Waals surface area (Å²) < 4.78 is 0. The minimum absolute atomic E-state index is 0.709. The number of rotatable bonds is 8. The monoisotopic (exact) mass is 224 g/mol. The third-order valence-electron chi connectivity index (χ3n) is 4.01. The lowest BCUT2D eigenvalue weighted by Crippen LogP contribution is -2.45. The molecule has 0 radical (unpaired) electrons. The highest BCUT2D eigenvalue weighted by Crippen LogP contribution is 2.34. The molecule has 0 spiro atoms. The molecular weight excluding hydrogens is 196 g/mol. The van der Waals surface area contributed by atoms with Crippen molar-refractivity contribution < 1.29 is 0 Å². The summed E-state index contributed by atoms with van der Waals surface area (Å²) in [7, 11) is 0. The van der Waals surface area contributed by atoms with E-state index in [-0.39, 0.29) is 0 Å². The summed E-state index contributed by atoms with van der Waals surface area (Å²) in [6.07, 6.45) is 5.84. The average molecular weight is 224 g/mol. The highest BCUT2D eigenvalue weighted by Gasteiger charge is 2.33. The number of hydrogen-bond acceptors (Lipinski definition) is 2. The third-order valence-corrected chi connectivity index (χ3v) is 4.01. The molecule has 0 aliphatic heterocycles. The summed E-state index contributed by atoms with van der Waals surface area (Å²) in [5, 5.41) is 3.68. The van der Waals surface area contributed by atoms with E-state index < -0.39 is 0 Å². The molecule has 0 amide bonds. The fraction of sp³-hybridized carbons (Fsp3) is 1.00. The van der Waals surface area contributed by atoms with Gasteiger partial charge in [0.05, 0.1) is 0 Å². The van der Waals surface area contributed by atoms with Gasteiger partial charge in [-0.1, -0.05) is 6.92 Å². The SMILES string of the molecule is CCNC(CN(CC1CC1)C(C)C)C1CC1. The van der Waals surface area contributed by atoms with Crippen LogP contribution in [0.2, 0.25) is 0 Å². The van der Waals surface area contributed by atoms with Crippen LogP contribution < -0.4 is 5.32 Å². The van der Waals surface area contributed by atoms with Crippen molar-refractivity contribution in [3.63, 3.8) is 0 Å². The molecule has 1 N–H and O–H groups in total. The van der Waals surface area contributed by atoms with Crippen LogP contribution in [0.1, 0.15) is 46.5 Å². The molecule has 2 aliphatic rings. The van der Waals surface area contributed by atoms with Gasteiger partial charge in [0.25, 0.3) is 0 Å². The Morgan fingerprint density at radius 1 is 1.19 bits per heavy atom. The molecule has 0 saturated heterocycles. The molecule has 2 heteroatoms. The van der Waals surface area contributed by atoms with Gasteiger partial charge >= 0.3 is 0 Å². The molecule has 0 bridgehead atoms. The van der Waals surface area contributed by atoms with Gasteiger partial charge in [-0.25, -0.2) is 0 Å². The Balaban J connectivity index is 1.80. The van der Waals surface area contributed by atoms with E-state index in [4.69, 9.17) is 0 Å². The minimum Gasteiger partial charge on any atom is -0.313 e. The molecule has 2 fully saturated rings. The van der Waals surface area contributed by atoms with Gasteiger partial charge in [0.1, 0.15) is 0 Å². The van der Waals surface area contributed by atoms with Crippen LogP contribution in [0.25, 0.3) is 0 Å². The van der Waals surface area contributed by atoms with Gasteiger partial charge in [0.2, 0.25) is 0 Å². The van der Waals surface area contributed by atoms with Crippen LogP contribution >= 0.6 is 0 Å². The van der Waals surface area contributed by atoms with Gasteiger partial charge in [-0.2, -0.15) is 0 Å². The molecule has 2 nitrogen and oxygen atoms in total. The lowest BCUT2D eigenvalue weighted by Gasteiger charge is -2.31. The molecule has 2 aliphatic carbocycles. The Kier molecular flexibility index (Phi) is 4.26. The van der Waals surface area contributed by atoms with Crippen LogP contribution in [-0.4, -0.2) is 36.6 Å². The number of nitrogens with one attached hydrogen (secondary N) is 1. The van der Waals surface area contributed by atoms with Crippen LogP contribution in [0.3, 0.4) is 0 Å². The fourth-order valence-electron chi connectivity index (χ4n) is 2.52. The Bertz CT molecular complexity index is 207. The zero-order chi connectivity index (χ0) is 11.5. The molecule has 2 saturated carbocycles. The van der Waals surface area contributed by atoms with E-state index in [2.05, 4.69) is 31.0 Å². The first-order valence-electron chi connectivity index (χ1n) is 7.18. The predicted octanol–water partition coefficient (Wildman–Crippen LogP) is 2.49. The maximum Gasteiger partial charge on any atom is 0.0223 e. The molecule has 1 unspecified atom stereocenters. The van der Waals surface area contributed by atoms with Crippen molar-refractivity contribution in [2.24, 2.45) is 11.8 Å². The first-order valence-corrected chi connectivity index (χ1v) is 7.18. The summed E-state index contributed by atoms with van der Waals surface area (Å²) in [5.41, 5.74) is 0. The largest absolute Gasteiger partial charge is 0.313 e. The van der Waals surface area contributed by atoms with Crippen LogP contribution in [0, 0.1) is 11.8 Å². The topological polar surface area (TPSA) is 15.3 Å². The predicted molar refractivity (Wildman–Crippen MR) is 69.6 cm³/mol. The normalized spacial score (nSPS) is 23.1. The highest BCUT2D eigenvalue weighted by atomic mass is 15.2. The van der Waals surface area contributed by atoms with Gasteiger partial charge in [0, 0.05) is 25.2 Å². The Hall–Kier alpha value is -0.0800. The van der Waals surface area contributed by atoms with Crippen molar-refractivity contribution in [1.29, 1.82) is 0 Å². The van der Waals surface area contributed by atoms with Crippen LogP contribution in [0.5, 0.6) is 0 Å². The summed E-state index contributed by atoms with van der Waals surface area (Å²) in [6, 6.07) is 1.46. The molecule has 16 heavy (non-hydrogen) atoms. The molecule has 0 aromatic carbocycles. The number of nitrogens with zero attached hydrogens (tertiary/aromatic N) is 1. The van der Waals surface area contributed by atoms with Crippen molar-refractivity contribution >= 4 is 0 Å². The van der Waals surface area contributed by atoms with Crippen molar-refractivity contribution in [1.82, 2.24) is 10.2 Å². The van der Waals surface area contributed by atoms with Gasteiger partial charge in [-0.3, -0.25) is 4.90 Å². The molecule has 1 atom stereocenters. The second-order valence-electron chi connectivity index (χ2n) is 5.99. The van der Waals surface area contributed by atoms with E-state index >= 15 is 0 Å². The maximum absolute atomic E-state index is 3.68. The zero-order valence-corrected chi connectivity index (χ0v) is 11.2. The van der Waals surface area contributed by atoms with Crippen molar-refractivity contribution in [3.05, 3.63) is 0 Å². The molecule has 2 rings (SSSR count). The lowest BCUT2D eigenvalue weighted by molar-refractivity contribution is 0.182. The zero-order valence-electron chi connectivity index (χ0n) is 11.2. The Morgan fingerprint density at radius 3 is 2.31 bits per heavy atom. The van der Waals surface area contributed by atoms with Gasteiger partial charge in [0.15, 0.2) is 0 Å². The van der Waals surface area contributed by atoms with Crippen molar-refractivity contribution in [3.8, 4) is 0 Å². The second kappa shape index (κ2) is 5.50. The van der Waals surface area contributed by atoms with E-state index in [9.17, 15) is 0 Å². The summed E-state index contributed by atoms with van der Waals surface area (Å²) >= 11 is 0. The number of likely N-dealkylation sites (N-methyl/N-ethyl adjacent to an activating group) is 1. The standard InChI is InChI=1S/C14H28N2/c1-4-15-14(13-7-8-13)10-16(11(2)3)9-12-5-6-12/h11-15H,4-10H2,1-3H3. The molecule has 94 valence electrons. The average Bonchev–Trinajstić information content (AvgIpc) is 3.09. The molecular formula is C14H28N2. The third kappa shape index (κ3) is 3.74. The van der Waals surface area contributed by atoms with Crippen LogP contribution in [0.15, 0.2) is 0 Å². The van der Waals surface area contributed by atoms with E-state index in [0.717, 1.165) is 24.4 Å². The lowest BCUT2D eigenvalue weighted by atomic mass is 10.1. The van der Waals surface area contributed by atoms with Gasteiger partial charge < -0.3 is 5.32 Å². The van der Waals surface area contributed by atoms with E-state index in [0.29, 0.717) is 6.04 Å². The van der Waals surface area contributed by atoms with Crippen LogP contribution in [-0.2, 0) is 0 Å². The van der Waals surface area contributed by atoms with E-state index in [1.54, 1.807) is 0 Å². The summed E-state index contributed by atoms with van der Waals surface area (Å²) in [5.74, 6) is 1.99. The van der Waals surface area contributed by atoms with Crippen molar-refractivity contribution in [2.45, 2.75) is 58.5 Å². The maximum atomic E-state index is 3.68. The molecule has 0 heterocycles.